The van der Waals surface area contributed by atoms with E-state index in [9.17, 15) is 9.59 Å². The Balaban J connectivity index is 1.70. The lowest BCUT2D eigenvalue weighted by Gasteiger charge is -2.31. The molecule has 25 heavy (non-hydrogen) atoms. The van der Waals surface area contributed by atoms with Gasteiger partial charge in [-0.25, -0.2) is 0 Å². The van der Waals surface area contributed by atoms with E-state index in [2.05, 4.69) is 6.92 Å². The van der Waals surface area contributed by atoms with Gasteiger partial charge >= 0.3 is 5.97 Å². The smallest absolute Gasteiger partial charge is 0.309 e. The van der Waals surface area contributed by atoms with Crippen LogP contribution in [0.3, 0.4) is 0 Å². The van der Waals surface area contributed by atoms with Crippen LogP contribution in [-0.4, -0.2) is 36.5 Å². The molecule has 0 unspecified atom stereocenters. The third-order valence-electron chi connectivity index (χ3n) is 4.87. The van der Waals surface area contributed by atoms with Crippen molar-refractivity contribution >= 4 is 11.9 Å². The van der Waals surface area contributed by atoms with Crippen molar-refractivity contribution in [3.05, 3.63) is 35.4 Å². The maximum Gasteiger partial charge on any atom is 0.309 e. The Labute approximate surface area is 151 Å². The van der Waals surface area contributed by atoms with Gasteiger partial charge in [-0.15, -0.1) is 0 Å². The summed E-state index contributed by atoms with van der Waals surface area (Å²) in [7, 11) is 0. The van der Waals surface area contributed by atoms with E-state index >= 15 is 0 Å². The predicted octanol–water partition coefficient (Wildman–Crippen LogP) is 4.36. The van der Waals surface area contributed by atoms with E-state index in [1.165, 1.54) is 19.3 Å². The van der Waals surface area contributed by atoms with Gasteiger partial charge in [-0.1, -0.05) is 50.3 Å². The van der Waals surface area contributed by atoms with Gasteiger partial charge in [0.2, 0.25) is 0 Å². The van der Waals surface area contributed by atoms with Gasteiger partial charge in [-0.05, 0) is 38.3 Å². The first-order chi connectivity index (χ1) is 12.1. The first kappa shape index (κ1) is 19.5. The monoisotopic (exact) mass is 345 g/mol. The summed E-state index contributed by atoms with van der Waals surface area (Å²) < 4.78 is 5.42. The lowest BCUT2D eigenvalue weighted by atomic mass is 9.96. The molecular weight excluding hydrogens is 314 g/mol. The van der Waals surface area contributed by atoms with Gasteiger partial charge in [0.1, 0.15) is 0 Å². The number of amides is 1. The molecule has 1 fully saturated rings. The average Bonchev–Trinajstić information content (AvgIpc) is 2.64. The van der Waals surface area contributed by atoms with Crippen molar-refractivity contribution in [2.45, 2.75) is 58.8 Å². The molecule has 0 aromatic heterocycles. The van der Waals surface area contributed by atoms with Crippen molar-refractivity contribution in [3.63, 3.8) is 0 Å². The van der Waals surface area contributed by atoms with E-state index in [1.807, 2.05) is 36.1 Å². The average molecular weight is 345 g/mol. The largest absolute Gasteiger partial charge is 0.465 e. The van der Waals surface area contributed by atoms with Crippen LogP contribution in [-0.2, 0) is 9.53 Å². The summed E-state index contributed by atoms with van der Waals surface area (Å²) in [4.78, 5) is 26.5. The molecule has 0 bridgehead atoms. The number of carbonyl (C=O) groups excluding carboxylic acids is 2. The van der Waals surface area contributed by atoms with E-state index in [0.717, 1.165) is 24.0 Å². The number of hydrogen-bond donors (Lipinski definition) is 0. The lowest BCUT2D eigenvalue weighted by molar-refractivity contribution is -0.150. The van der Waals surface area contributed by atoms with Crippen molar-refractivity contribution in [1.29, 1.82) is 0 Å². The van der Waals surface area contributed by atoms with Crippen LogP contribution in [0.25, 0.3) is 0 Å². The number of esters is 1. The van der Waals surface area contributed by atoms with E-state index in [0.29, 0.717) is 32.5 Å². The highest BCUT2D eigenvalue weighted by atomic mass is 16.5. The molecule has 0 atom stereocenters. The van der Waals surface area contributed by atoms with Crippen LogP contribution in [0.5, 0.6) is 0 Å². The molecular formula is C21H31NO3. The second kappa shape index (κ2) is 10.2. The lowest BCUT2D eigenvalue weighted by Crippen LogP contribution is -2.40. The molecule has 1 aromatic rings. The minimum absolute atomic E-state index is 0.0581. The van der Waals surface area contributed by atoms with Crippen LogP contribution in [0, 0.1) is 12.8 Å². The molecule has 1 aliphatic heterocycles. The number of carbonyl (C=O) groups is 2. The minimum atomic E-state index is -0.0850. The van der Waals surface area contributed by atoms with Crippen molar-refractivity contribution in [2.75, 3.05) is 19.7 Å². The van der Waals surface area contributed by atoms with Crippen LogP contribution >= 0.6 is 0 Å². The molecule has 1 aromatic carbocycles. The first-order valence-corrected chi connectivity index (χ1v) is 9.64. The van der Waals surface area contributed by atoms with Gasteiger partial charge in [0, 0.05) is 18.7 Å². The molecule has 0 N–H and O–H groups in total. The molecule has 1 saturated heterocycles. The summed E-state index contributed by atoms with van der Waals surface area (Å²) >= 11 is 0. The summed E-state index contributed by atoms with van der Waals surface area (Å²) in [5.41, 5.74) is 1.82. The summed E-state index contributed by atoms with van der Waals surface area (Å²) in [5, 5.41) is 0. The fourth-order valence-corrected chi connectivity index (χ4v) is 3.28. The minimum Gasteiger partial charge on any atom is -0.465 e. The predicted molar refractivity (Wildman–Crippen MR) is 99.5 cm³/mol. The highest BCUT2D eigenvalue weighted by Crippen LogP contribution is 2.21. The molecule has 0 aliphatic carbocycles. The Morgan fingerprint density at radius 1 is 1.12 bits per heavy atom. The number of nitrogens with zero attached hydrogens (tertiary/aromatic N) is 1. The summed E-state index contributed by atoms with van der Waals surface area (Å²) in [5.74, 6) is -0.0817. The third kappa shape index (κ3) is 6.18. The number of benzene rings is 1. The zero-order chi connectivity index (χ0) is 18.1. The van der Waals surface area contributed by atoms with Crippen LogP contribution in [0.4, 0.5) is 0 Å². The van der Waals surface area contributed by atoms with Gasteiger partial charge < -0.3 is 9.64 Å². The van der Waals surface area contributed by atoms with Crippen molar-refractivity contribution < 1.29 is 14.3 Å². The quantitative estimate of drug-likeness (QED) is 0.519. The summed E-state index contributed by atoms with van der Waals surface area (Å²) in [6.07, 6.45) is 7.17. The number of aryl methyl sites for hydroxylation is 1. The second-order valence-electron chi connectivity index (χ2n) is 7.02. The molecule has 2 rings (SSSR count). The Bertz CT molecular complexity index is 562. The molecule has 0 saturated carbocycles. The Morgan fingerprint density at radius 2 is 1.84 bits per heavy atom. The van der Waals surface area contributed by atoms with E-state index in [1.54, 1.807) is 0 Å². The molecule has 0 spiro atoms. The number of rotatable bonds is 8. The maximum atomic E-state index is 12.5. The van der Waals surface area contributed by atoms with Crippen molar-refractivity contribution in [3.8, 4) is 0 Å². The molecule has 1 amide bonds. The van der Waals surface area contributed by atoms with Crippen molar-refractivity contribution in [1.82, 2.24) is 4.90 Å². The van der Waals surface area contributed by atoms with Crippen LogP contribution in [0.1, 0.15) is 67.8 Å². The van der Waals surface area contributed by atoms with Crippen LogP contribution in [0.15, 0.2) is 24.3 Å². The Hall–Kier alpha value is -1.84. The van der Waals surface area contributed by atoms with E-state index in [-0.39, 0.29) is 17.8 Å². The van der Waals surface area contributed by atoms with Crippen LogP contribution < -0.4 is 0 Å². The zero-order valence-electron chi connectivity index (χ0n) is 15.6. The highest BCUT2D eigenvalue weighted by molar-refractivity contribution is 5.94. The molecule has 1 heterocycles. The van der Waals surface area contributed by atoms with Gasteiger partial charge in [-0.2, -0.15) is 0 Å². The van der Waals surface area contributed by atoms with Gasteiger partial charge in [-0.3, -0.25) is 9.59 Å². The number of hydrogen-bond acceptors (Lipinski definition) is 3. The zero-order valence-corrected chi connectivity index (χ0v) is 15.6. The van der Waals surface area contributed by atoms with E-state index in [4.69, 9.17) is 4.74 Å². The van der Waals surface area contributed by atoms with Gasteiger partial charge in [0.15, 0.2) is 0 Å². The second-order valence-corrected chi connectivity index (χ2v) is 7.02. The maximum absolute atomic E-state index is 12.5. The number of unbranched alkanes of at least 4 members (excludes halogenated alkanes) is 4. The normalized spacial score (nSPS) is 15.2. The third-order valence-corrected chi connectivity index (χ3v) is 4.87. The van der Waals surface area contributed by atoms with Crippen LogP contribution in [0.2, 0.25) is 0 Å². The SMILES string of the molecule is CCCCCCCOC(=O)C1CCN(C(=O)c2cccc(C)c2)CC1. The summed E-state index contributed by atoms with van der Waals surface area (Å²) in [6, 6.07) is 7.67. The number of likely N-dealkylation sites (tertiary alicyclic amines) is 1. The van der Waals surface area contributed by atoms with Crippen molar-refractivity contribution in [2.24, 2.45) is 5.92 Å². The molecule has 0 radical (unpaired) electrons. The summed E-state index contributed by atoms with van der Waals surface area (Å²) in [6.45, 7) is 5.97. The molecule has 1 aliphatic rings. The topological polar surface area (TPSA) is 46.6 Å². The molecule has 138 valence electrons. The highest BCUT2D eigenvalue weighted by Gasteiger charge is 2.28. The van der Waals surface area contributed by atoms with Gasteiger partial charge in [0.25, 0.3) is 5.91 Å². The van der Waals surface area contributed by atoms with E-state index < -0.39 is 0 Å². The Kier molecular flexibility index (Phi) is 7.96. The standard InChI is InChI=1S/C21H31NO3/c1-3-4-5-6-7-15-25-21(24)18-11-13-22(14-12-18)20(23)19-10-8-9-17(2)16-19/h8-10,16,18H,3-7,11-15H2,1-2H3. The molecule has 4 nitrogen and oxygen atoms in total. The molecule has 4 heteroatoms. The fraction of sp³-hybridized carbons (Fsp3) is 0.619. The first-order valence-electron chi connectivity index (χ1n) is 9.64. The fourth-order valence-electron chi connectivity index (χ4n) is 3.28. The number of piperidine rings is 1. The number of ether oxygens (including phenoxy) is 1. The van der Waals surface area contributed by atoms with Gasteiger partial charge in [0.05, 0.1) is 12.5 Å². The Morgan fingerprint density at radius 3 is 2.52 bits per heavy atom.